The highest BCUT2D eigenvalue weighted by molar-refractivity contribution is 6.12. The molecule has 1 aromatic carbocycles. The van der Waals surface area contributed by atoms with Gasteiger partial charge < -0.3 is 39.4 Å². The van der Waals surface area contributed by atoms with E-state index in [2.05, 4.69) is 10.6 Å². The molecule has 0 saturated carbocycles. The van der Waals surface area contributed by atoms with Crippen LogP contribution in [-0.4, -0.2) is 117 Å². The van der Waals surface area contributed by atoms with E-state index in [0.717, 1.165) is 4.90 Å². The van der Waals surface area contributed by atoms with Crippen LogP contribution in [-0.2, 0) is 42.9 Å². The second-order valence-corrected chi connectivity index (χ2v) is 11.4. The molecule has 0 unspecified atom stereocenters. The van der Waals surface area contributed by atoms with Crippen LogP contribution >= 0.6 is 0 Å². The number of hydrogen-bond donors (Lipinski definition) is 3. The van der Waals surface area contributed by atoms with Crippen molar-refractivity contribution in [2.75, 3.05) is 59.3 Å². The topological polar surface area (TPSA) is 196 Å². The van der Waals surface area contributed by atoms with Crippen LogP contribution in [0.2, 0.25) is 0 Å². The van der Waals surface area contributed by atoms with Crippen LogP contribution in [0.5, 0.6) is 5.75 Å². The zero-order valence-corrected chi connectivity index (χ0v) is 27.1. The summed E-state index contributed by atoms with van der Waals surface area (Å²) in [5, 5.41) is 13.7. The van der Waals surface area contributed by atoms with Gasteiger partial charge in [-0.2, -0.15) is 0 Å². The zero-order valence-electron chi connectivity index (χ0n) is 27.1. The summed E-state index contributed by atoms with van der Waals surface area (Å²) < 4.78 is 27.0. The Kier molecular flexibility index (Phi) is 17.1. The van der Waals surface area contributed by atoms with Gasteiger partial charge in [-0.05, 0) is 58.2 Å². The maximum Gasteiger partial charge on any atom is 0.329 e. The predicted octanol–water partition coefficient (Wildman–Crippen LogP) is 1.24. The number of ether oxygens (including phenoxy) is 5. The first kappa shape index (κ1) is 38.8. The molecule has 15 heteroatoms. The molecule has 2 rings (SSSR count). The fourth-order valence-corrected chi connectivity index (χ4v) is 4.05. The van der Waals surface area contributed by atoms with E-state index in [0.29, 0.717) is 45.0 Å². The van der Waals surface area contributed by atoms with Crippen LogP contribution in [0.1, 0.15) is 56.8 Å². The lowest BCUT2D eigenvalue weighted by Crippen LogP contribution is -2.47. The average Bonchev–Trinajstić information content (AvgIpc) is 3.33. The Morgan fingerprint density at radius 1 is 0.872 bits per heavy atom. The van der Waals surface area contributed by atoms with Crippen LogP contribution in [0.4, 0.5) is 0 Å². The Bertz CT molecular complexity index is 1230. The molecule has 0 saturated heterocycles. The summed E-state index contributed by atoms with van der Waals surface area (Å²) in [4.78, 5) is 73.2. The third-order valence-corrected chi connectivity index (χ3v) is 6.26. The lowest BCUT2D eigenvalue weighted by atomic mass is 10.1. The van der Waals surface area contributed by atoms with Crippen molar-refractivity contribution in [2.24, 2.45) is 0 Å². The molecule has 4 amide bonds. The number of nitrogens with zero attached hydrogens (tertiary/aromatic N) is 1. The fourth-order valence-electron chi connectivity index (χ4n) is 4.05. The molecular weight excluding hydrogens is 618 g/mol. The first-order chi connectivity index (χ1) is 22.4. The van der Waals surface area contributed by atoms with Gasteiger partial charge in [0.05, 0.1) is 52.6 Å². The highest BCUT2D eigenvalue weighted by Crippen LogP contribution is 2.14. The smallest absolute Gasteiger partial charge is 0.329 e. The molecule has 15 nitrogen and oxygen atoms in total. The van der Waals surface area contributed by atoms with Gasteiger partial charge >= 0.3 is 11.9 Å². The van der Waals surface area contributed by atoms with Crippen LogP contribution in [0.15, 0.2) is 36.4 Å². The van der Waals surface area contributed by atoms with Gasteiger partial charge in [0.2, 0.25) is 5.91 Å². The summed E-state index contributed by atoms with van der Waals surface area (Å²) in [6, 6.07) is 5.41. The van der Waals surface area contributed by atoms with Crippen molar-refractivity contribution >= 4 is 35.6 Å². The van der Waals surface area contributed by atoms with Crippen LogP contribution in [0.3, 0.4) is 0 Å². The van der Waals surface area contributed by atoms with Gasteiger partial charge in [0.25, 0.3) is 17.7 Å². The predicted molar refractivity (Wildman–Crippen MR) is 166 cm³/mol. The molecule has 0 fully saturated rings. The van der Waals surface area contributed by atoms with Crippen molar-refractivity contribution in [3.63, 3.8) is 0 Å². The van der Waals surface area contributed by atoms with Crippen molar-refractivity contribution in [1.82, 2.24) is 15.5 Å². The number of carbonyl (C=O) groups is 6. The van der Waals surface area contributed by atoms with E-state index < -0.39 is 41.9 Å². The van der Waals surface area contributed by atoms with E-state index in [1.165, 1.54) is 18.2 Å². The second-order valence-electron chi connectivity index (χ2n) is 11.4. The summed E-state index contributed by atoms with van der Waals surface area (Å²) in [5.74, 6) is -3.01. The monoisotopic (exact) mass is 663 g/mol. The minimum absolute atomic E-state index is 0.0526. The van der Waals surface area contributed by atoms with Crippen molar-refractivity contribution in [2.45, 2.75) is 58.1 Å². The van der Waals surface area contributed by atoms with Gasteiger partial charge in [0, 0.05) is 24.3 Å². The van der Waals surface area contributed by atoms with Gasteiger partial charge in [-0.1, -0.05) is 6.07 Å². The molecule has 47 heavy (non-hydrogen) atoms. The highest BCUT2D eigenvalue weighted by Gasteiger charge is 2.27. The van der Waals surface area contributed by atoms with Crippen molar-refractivity contribution in [1.29, 1.82) is 0 Å². The Morgan fingerprint density at radius 3 is 2.11 bits per heavy atom. The molecule has 3 N–H and O–H groups in total. The quantitative estimate of drug-likeness (QED) is 0.0862. The third kappa shape index (κ3) is 16.7. The van der Waals surface area contributed by atoms with Gasteiger partial charge in [-0.15, -0.1) is 0 Å². The zero-order chi connectivity index (χ0) is 34.7. The maximum absolute atomic E-state index is 12.8. The normalized spacial score (nSPS) is 13.4. The summed E-state index contributed by atoms with van der Waals surface area (Å²) >= 11 is 0. The molecule has 0 aliphatic carbocycles. The van der Waals surface area contributed by atoms with Crippen LogP contribution in [0.25, 0.3) is 0 Å². The lowest BCUT2D eigenvalue weighted by Gasteiger charge is -2.25. The Balaban J connectivity index is 1.71. The number of rotatable bonds is 23. The number of amides is 4. The SMILES string of the molecule is CC(C)(C)OC(=O)[C@H](CCCCN1C(=O)C=CC1=O)NC(=O)CNC(=O)c1cccc(OCCOCCOCCOCCC(=O)O)c1. The van der Waals surface area contributed by atoms with Crippen LogP contribution < -0.4 is 15.4 Å². The number of hydrogen-bond acceptors (Lipinski definition) is 11. The summed E-state index contributed by atoms with van der Waals surface area (Å²) in [6.45, 7) is 6.84. The summed E-state index contributed by atoms with van der Waals surface area (Å²) in [7, 11) is 0. The minimum Gasteiger partial charge on any atom is -0.491 e. The molecule has 1 aromatic rings. The van der Waals surface area contributed by atoms with E-state index in [1.807, 2.05) is 0 Å². The van der Waals surface area contributed by atoms with Crippen molar-refractivity contribution in [3.8, 4) is 5.75 Å². The Morgan fingerprint density at radius 2 is 1.49 bits per heavy atom. The molecule has 0 bridgehead atoms. The Labute approximate surface area is 273 Å². The first-order valence-electron chi connectivity index (χ1n) is 15.4. The molecule has 0 spiro atoms. The number of carboxylic acid groups (broad SMARTS) is 1. The van der Waals surface area contributed by atoms with E-state index in [9.17, 15) is 28.8 Å². The molecule has 1 aliphatic rings. The third-order valence-electron chi connectivity index (χ3n) is 6.26. The summed E-state index contributed by atoms with van der Waals surface area (Å²) in [6.07, 6.45) is 3.42. The second kappa shape index (κ2) is 20.7. The van der Waals surface area contributed by atoms with E-state index in [4.69, 9.17) is 28.8 Å². The molecule has 1 heterocycles. The number of imide groups is 1. The largest absolute Gasteiger partial charge is 0.491 e. The highest BCUT2D eigenvalue weighted by atomic mass is 16.6. The summed E-state index contributed by atoms with van der Waals surface area (Å²) in [5.41, 5.74) is -0.524. The number of unbranched alkanes of at least 4 members (excludes halogenated alkanes) is 1. The number of aliphatic carboxylic acids is 1. The fraction of sp³-hybridized carbons (Fsp3) is 0.562. The molecule has 0 radical (unpaired) electrons. The lowest BCUT2D eigenvalue weighted by molar-refractivity contribution is -0.159. The molecule has 260 valence electrons. The molecule has 0 aromatic heterocycles. The molecule has 1 aliphatic heterocycles. The standard InChI is InChI=1S/C32H45N3O12/c1-32(2,3)47-31(42)25(9-4-5-13-35-27(37)10-11-28(35)38)34-26(36)22-33-30(41)23-7-6-8-24(21-23)46-20-19-45-18-17-44-16-15-43-14-12-29(39)40/h6-8,10-11,21,25H,4-5,9,12-20,22H2,1-3H3,(H,33,41)(H,34,36)(H,39,40)/t25-/m0/s1. The molecular formula is C32H45N3O12. The van der Waals surface area contributed by atoms with Crippen LogP contribution in [0, 0.1) is 0 Å². The van der Waals surface area contributed by atoms with Crippen molar-refractivity contribution in [3.05, 3.63) is 42.0 Å². The van der Waals surface area contributed by atoms with Gasteiger partial charge in [-0.3, -0.25) is 28.9 Å². The van der Waals surface area contributed by atoms with E-state index in [1.54, 1.807) is 39.0 Å². The number of nitrogens with one attached hydrogen (secondary N) is 2. The van der Waals surface area contributed by atoms with E-state index >= 15 is 0 Å². The number of carboxylic acids is 1. The van der Waals surface area contributed by atoms with Gasteiger partial charge in [0.1, 0.15) is 24.0 Å². The number of carbonyl (C=O) groups excluding carboxylic acids is 5. The van der Waals surface area contributed by atoms with Gasteiger partial charge in [-0.25, -0.2) is 4.79 Å². The Hall–Kier alpha value is -4.34. The maximum atomic E-state index is 12.8. The first-order valence-corrected chi connectivity index (χ1v) is 15.4. The number of esters is 1. The number of benzene rings is 1. The molecule has 1 atom stereocenters. The van der Waals surface area contributed by atoms with E-state index in [-0.39, 0.29) is 56.6 Å². The van der Waals surface area contributed by atoms with Crippen molar-refractivity contribution < 1.29 is 57.6 Å². The average molecular weight is 664 g/mol. The minimum atomic E-state index is -0.989. The van der Waals surface area contributed by atoms with Gasteiger partial charge in [0.15, 0.2) is 0 Å².